The Morgan fingerprint density at radius 1 is 1.43 bits per heavy atom. The number of hydrogen-bond acceptors (Lipinski definition) is 2. The van der Waals surface area contributed by atoms with Crippen molar-refractivity contribution in [3.8, 4) is 0 Å². The van der Waals surface area contributed by atoms with Crippen LogP contribution in [0.2, 0.25) is 0 Å². The van der Waals surface area contributed by atoms with Gasteiger partial charge in [0.2, 0.25) is 0 Å². The average molecular weight is 195 g/mol. The van der Waals surface area contributed by atoms with Crippen molar-refractivity contribution in [2.75, 3.05) is 6.54 Å². The van der Waals surface area contributed by atoms with Crippen LogP contribution in [0.15, 0.2) is 18.7 Å². The van der Waals surface area contributed by atoms with Gasteiger partial charge in [-0.15, -0.1) is 0 Å². The van der Waals surface area contributed by atoms with E-state index in [1.807, 2.05) is 18.7 Å². The number of nitrogens with one attached hydrogen (secondary N) is 1. The fraction of sp³-hybridized carbons (Fsp3) is 0.727. The number of aromatic nitrogens is 2. The number of nitrogens with zero attached hydrogens (tertiary/aromatic N) is 2. The highest BCUT2D eigenvalue weighted by atomic mass is 15.1. The Kier molecular flexibility index (Phi) is 4.66. The molecule has 0 radical (unpaired) electrons. The lowest BCUT2D eigenvalue weighted by Crippen LogP contribution is -2.33. The van der Waals surface area contributed by atoms with E-state index in [1.165, 1.54) is 6.42 Å². The maximum atomic E-state index is 4.02. The van der Waals surface area contributed by atoms with E-state index in [-0.39, 0.29) is 0 Å². The van der Waals surface area contributed by atoms with Crippen LogP contribution >= 0.6 is 0 Å². The maximum absolute atomic E-state index is 4.02. The number of hydrogen-bond donors (Lipinski definition) is 1. The van der Waals surface area contributed by atoms with Crippen LogP contribution in [0.25, 0.3) is 0 Å². The summed E-state index contributed by atoms with van der Waals surface area (Å²) in [6, 6.07) is 0.512. The fourth-order valence-electron chi connectivity index (χ4n) is 1.32. The Bertz CT molecular complexity index is 231. The van der Waals surface area contributed by atoms with Crippen molar-refractivity contribution in [3.63, 3.8) is 0 Å². The fourth-order valence-corrected chi connectivity index (χ4v) is 1.32. The number of imidazole rings is 1. The molecule has 14 heavy (non-hydrogen) atoms. The first kappa shape index (κ1) is 11.2. The summed E-state index contributed by atoms with van der Waals surface area (Å²) in [4.78, 5) is 4.02. The maximum Gasteiger partial charge on any atom is 0.0946 e. The van der Waals surface area contributed by atoms with Gasteiger partial charge >= 0.3 is 0 Å². The SMILES string of the molecule is CCC(C)CNC(C)Cn1ccnc1. The summed E-state index contributed by atoms with van der Waals surface area (Å²) in [7, 11) is 0. The van der Waals surface area contributed by atoms with Gasteiger partial charge in [-0.1, -0.05) is 20.3 Å². The standard InChI is InChI=1S/C11H21N3/c1-4-10(2)7-13-11(3)8-14-6-5-12-9-14/h5-6,9-11,13H,4,7-8H2,1-3H3. The molecule has 0 amide bonds. The molecule has 3 heteroatoms. The monoisotopic (exact) mass is 195 g/mol. The van der Waals surface area contributed by atoms with Crippen molar-refractivity contribution in [1.29, 1.82) is 0 Å². The van der Waals surface area contributed by atoms with Crippen LogP contribution in [0.5, 0.6) is 0 Å². The normalized spacial score (nSPS) is 15.4. The zero-order valence-electron chi connectivity index (χ0n) is 9.40. The van der Waals surface area contributed by atoms with E-state index in [4.69, 9.17) is 0 Å². The molecule has 0 aliphatic carbocycles. The second-order valence-corrected chi connectivity index (χ2v) is 4.08. The smallest absolute Gasteiger partial charge is 0.0946 e. The van der Waals surface area contributed by atoms with E-state index < -0.39 is 0 Å². The van der Waals surface area contributed by atoms with Crippen molar-refractivity contribution in [3.05, 3.63) is 18.7 Å². The lowest BCUT2D eigenvalue weighted by atomic mass is 10.1. The van der Waals surface area contributed by atoms with Crippen LogP contribution in [-0.2, 0) is 6.54 Å². The largest absolute Gasteiger partial charge is 0.336 e. The van der Waals surface area contributed by atoms with Crippen LogP contribution in [0.1, 0.15) is 27.2 Å². The summed E-state index contributed by atoms with van der Waals surface area (Å²) in [5.41, 5.74) is 0. The van der Waals surface area contributed by atoms with Gasteiger partial charge in [0.15, 0.2) is 0 Å². The van der Waals surface area contributed by atoms with Gasteiger partial charge in [-0.05, 0) is 19.4 Å². The summed E-state index contributed by atoms with van der Waals surface area (Å²) in [6.45, 7) is 8.81. The molecule has 0 saturated heterocycles. The van der Waals surface area contributed by atoms with E-state index >= 15 is 0 Å². The van der Waals surface area contributed by atoms with E-state index in [1.54, 1.807) is 0 Å². The summed E-state index contributed by atoms with van der Waals surface area (Å²) in [5.74, 6) is 0.764. The summed E-state index contributed by atoms with van der Waals surface area (Å²) < 4.78 is 2.11. The zero-order chi connectivity index (χ0) is 10.4. The lowest BCUT2D eigenvalue weighted by Gasteiger charge is -2.17. The summed E-state index contributed by atoms with van der Waals surface area (Å²) in [5, 5.41) is 3.52. The molecule has 80 valence electrons. The van der Waals surface area contributed by atoms with E-state index in [9.17, 15) is 0 Å². The first-order valence-electron chi connectivity index (χ1n) is 5.41. The molecule has 1 rings (SSSR count). The molecular weight excluding hydrogens is 174 g/mol. The predicted molar refractivity (Wildman–Crippen MR) is 59.1 cm³/mol. The second kappa shape index (κ2) is 5.81. The second-order valence-electron chi connectivity index (χ2n) is 4.08. The quantitative estimate of drug-likeness (QED) is 0.751. The third-order valence-corrected chi connectivity index (χ3v) is 2.56. The molecule has 2 unspecified atom stereocenters. The minimum Gasteiger partial charge on any atom is -0.336 e. The van der Waals surface area contributed by atoms with Crippen LogP contribution in [0.3, 0.4) is 0 Å². The molecule has 2 atom stereocenters. The third-order valence-electron chi connectivity index (χ3n) is 2.56. The van der Waals surface area contributed by atoms with Crippen LogP contribution in [0, 0.1) is 5.92 Å². The zero-order valence-corrected chi connectivity index (χ0v) is 9.40. The van der Waals surface area contributed by atoms with E-state index in [2.05, 4.69) is 35.6 Å². The van der Waals surface area contributed by atoms with Crippen molar-refractivity contribution in [1.82, 2.24) is 14.9 Å². The molecule has 0 aliphatic heterocycles. The highest BCUT2D eigenvalue weighted by Crippen LogP contribution is 1.99. The minimum absolute atomic E-state index is 0.512. The predicted octanol–water partition coefficient (Wildman–Crippen LogP) is 1.91. The molecule has 0 aromatic carbocycles. The number of rotatable bonds is 6. The van der Waals surface area contributed by atoms with E-state index in [0.717, 1.165) is 19.0 Å². The Morgan fingerprint density at radius 2 is 2.21 bits per heavy atom. The summed E-state index contributed by atoms with van der Waals surface area (Å²) in [6.07, 6.45) is 6.93. The van der Waals surface area contributed by atoms with Gasteiger partial charge in [0.1, 0.15) is 0 Å². The topological polar surface area (TPSA) is 29.9 Å². The molecule has 0 bridgehead atoms. The summed E-state index contributed by atoms with van der Waals surface area (Å²) >= 11 is 0. The third kappa shape index (κ3) is 3.92. The highest BCUT2D eigenvalue weighted by molar-refractivity contribution is 4.76. The highest BCUT2D eigenvalue weighted by Gasteiger charge is 2.04. The van der Waals surface area contributed by atoms with Crippen molar-refractivity contribution < 1.29 is 0 Å². The van der Waals surface area contributed by atoms with Gasteiger partial charge in [-0.3, -0.25) is 0 Å². The van der Waals surface area contributed by atoms with Gasteiger partial charge in [0.25, 0.3) is 0 Å². The van der Waals surface area contributed by atoms with E-state index in [0.29, 0.717) is 6.04 Å². The Balaban J connectivity index is 2.19. The van der Waals surface area contributed by atoms with Gasteiger partial charge in [-0.25, -0.2) is 4.98 Å². The molecule has 0 aliphatic rings. The minimum atomic E-state index is 0.512. The van der Waals surface area contributed by atoms with Crippen LogP contribution in [-0.4, -0.2) is 22.1 Å². The Labute approximate surface area is 86.5 Å². The van der Waals surface area contributed by atoms with Crippen molar-refractivity contribution in [2.45, 2.75) is 39.8 Å². The molecule has 1 aromatic heterocycles. The van der Waals surface area contributed by atoms with Gasteiger partial charge in [-0.2, -0.15) is 0 Å². The molecule has 0 fully saturated rings. The molecule has 0 saturated carbocycles. The first-order valence-corrected chi connectivity index (χ1v) is 5.41. The lowest BCUT2D eigenvalue weighted by molar-refractivity contribution is 0.420. The Hall–Kier alpha value is -0.830. The van der Waals surface area contributed by atoms with Gasteiger partial charge in [0, 0.05) is 25.0 Å². The Morgan fingerprint density at radius 3 is 2.79 bits per heavy atom. The molecule has 3 nitrogen and oxygen atoms in total. The van der Waals surface area contributed by atoms with Gasteiger partial charge < -0.3 is 9.88 Å². The molecule has 1 heterocycles. The molecule has 1 aromatic rings. The molecule has 0 spiro atoms. The average Bonchev–Trinajstić information content (AvgIpc) is 2.66. The first-order chi connectivity index (χ1) is 6.72. The molecule has 1 N–H and O–H groups in total. The van der Waals surface area contributed by atoms with Crippen LogP contribution in [0.4, 0.5) is 0 Å². The molecular formula is C11H21N3. The van der Waals surface area contributed by atoms with Crippen molar-refractivity contribution >= 4 is 0 Å². The van der Waals surface area contributed by atoms with Crippen molar-refractivity contribution in [2.24, 2.45) is 5.92 Å². The van der Waals surface area contributed by atoms with Gasteiger partial charge in [0.05, 0.1) is 6.33 Å². The van der Waals surface area contributed by atoms with Crippen LogP contribution < -0.4 is 5.32 Å².